The summed E-state index contributed by atoms with van der Waals surface area (Å²) >= 11 is 0. The number of rotatable bonds is 12. The molecular formula is C18H33N2O2+. The largest absolute Gasteiger partial charge is 0.481 e. The van der Waals surface area contributed by atoms with Gasteiger partial charge in [0.05, 0.1) is 12.5 Å². The van der Waals surface area contributed by atoms with Gasteiger partial charge in [-0.1, -0.05) is 46.0 Å². The van der Waals surface area contributed by atoms with Crippen molar-refractivity contribution in [3.8, 4) is 0 Å². The van der Waals surface area contributed by atoms with Gasteiger partial charge in [0.2, 0.25) is 0 Å². The Hall–Kier alpha value is -1.32. The molecular weight excluding hydrogens is 276 g/mol. The van der Waals surface area contributed by atoms with E-state index in [-0.39, 0.29) is 5.92 Å². The first-order valence-corrected chi connectivity index (χ1v) is 8.90. The molecule has 4 heteroatoms. The van der Waals surface area contributed by atoms with Crippen LogP contribution in [-0.2, 0) is 24.3 Å². The minimum absolute atomic E-state index is 0.342. The molecule has 1 unspecified atom stereocenters. The Bertz CT molecular complexity index is 440. The van der Waals surface area contributed by atoms with Gasteiger partial charge in [-0.15, -0.1) is 0 Å². The van der Waals surface area contributed by atoms with Crippen molar-refractivity contribution in [1.29, 1.82) is 0 Å². The van der Waals surface area contributed by atoms with Crippen molar-refractivity contribution < 1.29 is 14.5 Å². The number of carboxylic acids is 1. The quantitative estimate of drug-likeness (QED) is 0.471. The van der Waals surface area contributed by atoms with Crippen molar-refractivity contribution in [3.05, 3.63) is 18.2 Å². The second-order valence-corrected chi connectivity index (χ2v) is 6.32. The maximum absolute atomic E-state index is 11.1. The summed E-state index contributed by atoms with van der Waals surface area (Å²) in [5.41, 5.74) is 0. The highest BCUT2D eigenvalue weighted by Gasteiger charge is 2.21. The van der Waals surface area contributed by atoms with Gasteiger partial charge in [-0.3, -0.25) is 4.79 Å². The highest BCUT2D eigenvalue weighted by Crippen LogP contribution is 2.09. The molecule has 0 radical (unpaired) electrons. The summed E-state index contributed by atoms with van der Waals surface area (Å²) < 4.78 is 4.43. The second-order valence-electron chi connectivity index (χ2n) is 6.32. The SMILES string of the molecule is CCCCCCCCc1n(CCC)cc[n+]1CC(C)C(=O)O. The van der Waals surface area contributed by atoms with Crippen molar-refractivity contribution in [2.24, 2.45) is 5.92 Å². The van der Waals surface area contributed by atoms with Crippen LogP contribution < -0.4 is 4.57 Å². The maximum Gasteiger partial charge on any atom is 0.310 e. The van der Waals surface area contributed by atoms with Crippen LogP contribution in [0.3, 0.4) is 0 Å². The molecule has 126 valence electrons. The van der Waals surface area contributed by atoms with Crippen LogP contribution in [-0.4, -0.2) is 15.6 Å². The second kappa shape index (κ2) is 10.4. The Morgan fingerprint density at radius 2 is 1.86 bits per heavy atom. The highest BCUT2D eigenvalue weighted by atomic mass is 16.4. The van der Waals surface area contributed by atoms with Crippen LogP contribution in [0.2, 0.25) is 0 Å². The van der Waals surface area contributed by atoms with Gasteiger partial charge in [-0.2, -0.15) is 0 Å². The standard InChI is InChI=1S/C18H32N2O2/c1-4-6-7-8-9-10-11-17-19(12-5-2)13-14-20(17)15-16(3)18(21)22/h13-14,16H,4-12,15H2,1-3H3/p+1. The van der Waals surface area contributed by atoms with Crippen LogP contribution in [0.1, 0.15) is 71.5 Å². The topological polar surface area (TPSA) is 46.1 Å². The average molecular weight is 309 g/mol. The van der Waals surface area contributed by atoms with Crippen LogP contribution in [0.15, 0.2) is 12.4 Å². The minimum Gasteiger partial charge on any atom is -0.481 e. The van der Waals surface area contributed by atoms with Gasteiger partial charge in [0, 0.05) is 6.42 Å². The zero-order valence-corrected chi connectivity index (χ0v) is 14.6. The normalized spacial score (nSPS) is 12.5. The van der Waals surface area contributed by atoms with Crippen molar-refractivity contribution >= 4 is 5.97 Å². The number of aliphatic carboxylic acids is 1. The van der Waals surface area contributed by atoms with Gasteiger partial charge in [-0.05, 0) is 19.8 Å². The van der Waals surface area contributed by atoms with Gasteiger partial charge < -0.3 is 5.11 Å². The summed E-state index contributed by atoms with van der Waals surface area (Å²) in [6.45, 7) is 7.78. The maximum atomic E-state index is 11.1. The van der Waals surface area contributed by atoms with E-state index in [0.29, 0.717) is 6.54 Å². The van der Waals surface area contributed by atoms with E-state index in [9.17, 15) is 4.79 Å². The first kappa shape index (κ1) is 18.7. The molecule has 1 N–H and O–H groups in total. The summed E-state index contributed by atoms with van der Waals surface area (Å²) in [5.74, 6) is 0.220. The molecule has 0 saturated heterocycles. The number of unbranched alkanes of at least 4 members (excludes halogenated alkanes) is 5. The lowest BCUT2D eigenvalue weighted by atomic mass is 10.1. The minimum atomic E-state index is -0.721. The molecule has 0 spiro atoms. The molecule has 1 heterocycles. The van der Waals surface area contributed by atoms with Crippen LogP contribution in [0, 0.1) is 5.92 Å². The summed E-state index contributed by atoms with van der Waals surface area (Å²) in [6, 6.07) is 0. The Balaban J connectivity index is 2.59. The molecule has 1 aromatic rings. The van der Waals surface area contributed by atoms with Gasteiger partial charge >= 0.3 is 5.97 Å². The lowest BCUT2D eigenvalue weighted by Crippen LogP contribution is -2.41. The molecule has 4 nitrogen and oxygen atoms in total. The fourth-order valence-electron chi connectivity index (χ4n) is 2.83. The number of nitrogens with zero attached hydrogens (tertiary/aromatic N) is 2. The van der Waals surface area contributed by atoms with E-state index in [1.807, 2.05) is 6.20 Å². The molecule has 0 aliphatic rings. The van der Waals surface area contributed by atoms with Crippen LogP contribution >= 0.6 is 0 Å². The molecule has 0 amide bonds. The summed E-state index contributed by atoms with van der Waals surface area (Å²) in [6.07, 6.45) is 14.0. The van der Waals surface area contributed by atoms with E-state index >= 15 is 0 Å². The number of hydrogen-bond donors (Lipinski definition) is 1. The van der Waals surface area contributed by atoms with Gasteiger partial charge in [0.1, 0.15) is 18.9 Å². The first-order valence-electron chi connectivity index (χ1n) is 8.90. The predicted octanol–water partition coefficient (Wildman–Crippen LogP) is 3.81. The van der Waals surface area contributed by atoms with Crippen LogP contribution in [0.25, 0.3) is 0 Å². The Kier molecular flexibility index (Phi) is 8.86. The van der Waals surface area contributed by atoms with Gasteiger partial charge in [-0.25, -0.2) is 9.13 Å². The molecule has 1 aromatic heterocycles. The fraction of sp³-hybridized carbons (Fsp3) is 0.778. The van der Waals surface area contributed by atoms with E-state index < -0.39 is 5.97 Å². The third kappa shape index (κ3) is 6.20. The monoisotopic (exact) mass is 309 g/mol. The summed E-state index contributed by atoms with van der Waals surface area (Å²) in [7, 11) is 0. The number of hydrogen-bond acceptors (Lipinski definition) is 1. The molecule has 0 aliphatic heterocycles. The Labute approximate surface area is 135 Å². The van der Waals surface area contributed by atoms with E-state index in [2.05, 4.69) is 29.2 Å². The number of carboxylic acid groups (broad SMARTS) is 1. The Morgan fingerprint density at radius 3 is 2.50 bits per heavy atom. The van der Waals surface area contributed by atoms with Gasteiger partial charge in [0.25, 0.3) is 5.82 Å². The zero-order valence-electron chi connectivity index (χ0n) is 14.6. The third-order valence-electron chi connectivity index (χ3n) is 4.20. The molecule has 0 aliphatic carbocycles. The molecule has 0 fully saturated rings. The van der Waals surface area contributed by atoms with Gasteiger partial charge in [0.15, 0.2) is 0 Å². The lowest BCUT2D eigenvalue weighted by Gasteiger charge is -2.07. The van der Waals surface area contributed by atoms with Crippen LogP contribution in [0.5, 0.6) is 0 Å². The van der Waals surface area contributed by atoms with Crippen molar-refractivity contribution in [2.75, 3.05) is 0 Å². The molecule has 0 saturated carbocycles. The van der Waals surface area contributed by atoms with Crippen molar-refractivity contribution in [1.82, 2.24) is 4.57 Å². The van der Waals surface area contributed by atoms with Crippen molar-refractivity contribution in [3.63, 3.8) is 0 Å². The number of imidazole rings is 1. The zero-order chi connectivity index (χ0) is 16.4. The smallest absolute Gasteiger partial charge is 0.310 e. The van der Waals surface area contributed by atoms with E-state index in [1.54, 1.807) is 6.92 Å². The third-order valence-corrected chi connectivity index (χ3v) is 4.20. The summed E-state index contributed by atoms with van der Waals surface area (Å²) in [4.78, 5) is 11.1. The van der Waals surface area contributed by atoms with E-state index in [1.165, 1.54) is 44.3 Å². The predicted molar refractivity (Wildman–Crippen MR) is 88.8 cm³/mol. The van der Waals surface area contributed by atoms with E-state index in [4.69, 9.17) is 5.11 Å². The summed E-state index contributed by atoms with van der Waals surface area (Å²) in [5, 5.41) is 9.12. The molecule has 1 atom stereocenters. The molecule has 1 rings (SSSR count). The number of aromatic nitrogens is 2. The molecule has 22 heavy (non-hydrogen) atoms. The number of aryl methyl sites for hydroxylation is 1. The van der Waals surface area contributed by atoms with E-state index in [0.717, 1.165) is 19.4 Å². The molecule has 0 aromatic carbocycles. The average Bonchev–Trinajstić information content (AvgIpc) is 2.85. The molecule has 0 bridgehead atoms. The Morgan fingerprint density at radius 1 is 1.18 bits per heavy atom. The fourth-order valence-corrected chi connectivity index (χ4v) is 2.83. The van der Waals surface area contributed by atoms with Crippen molar-refractivity contribution in [2.45, 2.75) is 85.2 Å². The van der Waals surface area contributed by atoms with Crippen LogP contribution in [0.4, 0.5) is 0 Å². The number of carbonyl (C=O) groups is 1. The highest BCUT2D eigenvalue weighted by molar-refractivity contribution is 5.69. The lowest BCUT2D eigenvalue weighted by molar-refractivity contribution is -0.707. The first-order chi connectivity index (χ1) is 10.6.